The molecule has 1 amide bonds. The first-order valence-corrected chi connectivity index (χ1v) is 6.77. The maximum atomic E-state index is 11.7. The van der Waals surface area contributed by atoms with Gasteiger partial charge in [-0.05, 0) is 17.0 Å². The summed E-state index contributed by atoms with van der Waals surface area (Å²) in [5.41, 5.74) is 1.06. The van der Waals surface area contributed by atoms with E-state index in [1.807, 2.05) is 30.3 Å². The van der Waals surface area contributed by atoms with E-state index in [9.17, 15) is 9.59 Å². The molecule has 0 unspecified atom stereocenters. The molecule has 0 fully saturated rings. The number of aromatic carboxylic acids is 1. The highest BCUT2D eigenvalue weighted by Gasteiger charge is 2.13. The van der Waals surface area contributed by atoms with Crippen LogP contribution in [0.2, 0.25) is 0 Å². The van der Waals surface area contributed by atoms with Crippen LogP contribution in [0.25, 0.3) is 0 Å². The highest BCUT2D eigenvalue weighted by atomic mass is 32.1. The lowest BCUT2D eigenvalue weighted by Gasteiger charge is -2.05. The molecule has 0 bridgehead atoms. The van der Waals surface area contributed by atoms with E-state index in [2.05, 4.69) is 5.32 Å². The largest absolute Gasteiger partial charge is 0.478 e. The van der Waals surface area contributed by atoms with Crippen LogP contribution < -0.4 is 5.32 Å². The number of carboxylic acids is 1. The second kappa shape index (κ2) is 6.83. The van der Waals surface area contributed by atoms with Crippen LogP contribution in [0.15, 0.2) is 41.8 Å². The molecule has 1 aromatic heterocycles. The first-order valence-electron chi connectivity index (χ1n) is 5.89. The molecule has 1 heterocycles. The normalized spacial score (nSPS) is 10.2. The van der Waals surface area contributed by atoms with E-state index in [0.29, 0.717) is 11.6 Å². The van der Waals surface area contributed by atoms with E-state index in [0.717, 1.165) is 5.56 Å². The van der Waals surface area contributed by atoms with Gasteiger partial charge >= 0.3 is 5.97 Å². The van der Waals surface area contributed by atoms with Gasteiger partial charge in [-0.25, -0.2) is 4.79 Å². The lowest BCUT2D eigenvalue weighted by Crippen LogP contribution is -2.18. The van der Waals surface area contributed by atoms with Crippen molar-refractivity contribution in [1.82, 2.24) is 0 Å². The number of thiophene rings is 1. The van der Waals surface area contributed by atoms with Crippen molar-refractivity contribution in [1.29, 1.82) is 0 Å². The van der Waals surface area contributed by atoms with Gasteiger partial charge < -0.3 is 15.2 Å². The number of anilines is 1. The van der Waals surface area contributed by atoms with Crippen LogP contribution in [0.3, 0.4) is 0 Å². The van der Waals surface area contributed by atoms with E-state index in [-0.39, 0.29) is 18.1 Å². The van der Waals surface area contributed by atoms with Gasteiger partial charge in [-0.15, -0.1) is 11.3 Å². The Morgan fingerprint density at radius 2 is 1.95 bits per heavy atom. The number of rotatable bonds is 6. The zero-order chi connectivity index (χ0) is 14.4. The van der Waals surface area contributed by atoms with E-state index in [4.69, 9.17) is 9.84 Å². The Labute approximate surface area is 119 Å². The fraction of sp³-hybridized carbons (Fsp3) is 0.143. The summed E-state index contributed by atoms with van der Waals surface area (Å²) < 4.78 is 5.28. The number of ether oxygens (including phenoxy) is 1. The van der Waals surface area contributed by atoms with Gasteiger partial charge in [0.1, 0.15) is 11.6 Å². The standard InChI is InChI=1S/C14H13NO4S/c16-12(9-19-8-10-4-2-1-3-5-10)15-13-11(14(17)18)6-7-20-13/h1-7H,8-9H2,(H,15,16)(H,17,18). The number of hydrogen-bond donors (Lipinski definition) is 2. The molecular weight excluding hydrogens is 278 g/mol. The Morgan fingerprint density at radius 3 is 2.65 bits per heavy atom. The van der Waals surface area contributed by atoms with Crippen LogP contribution in [-0.2, 0) is 16.1 Å². The van der Waals surface area contributed by atoms with Crippen molar-refractivity contribution in [3.05, 3.63) is 52.9 Å². The van der Waals surface area contributed by atoms with Gasteiger partial charge in [0.2, 0.25) is 0 Å². The lowest BCUT2D eigenvalue weighted by atomic mass is 10.2. The second-order valence-electron chi connectivity index (χ2n) is 4.00. The molecule has 6 heteroatoms. The summed E-state index contributed by atoms with van der Waals surface area (Å²) in [6.07, 6.45) is 0. The molecule has 0 aliphatic carbocycles. The minimum Gasteiger partial charge on any atom is -0.478 e. The second-order valence-corrected chi connectivity index (χ2v) is 4.91. The van der Waals surface area contributed by atoms with Gasteiger partial charge in [-0.3, -0.25) is 4.79 Å². The maximum absolute atomic E-state index is 11.7. The average molecular weight is 291 g/mol. The summed E-state index contributed by atoms with van der Waals surface area (Å²) >= 11 is 1.17. The van der Waals surface area contributed by atoms with E-state index >= 15 is 0 Å². The minimum atomic E-state index is -1.06. The third kappa shape index (κ3) is 3.91. The highest BCUT2D eigenvalue weighted by Crippen LogP contribution is 2.22. The minimum absolute atomic E-state index is 0.0893. The monoisotopic (exact) mass is 291 g/mol. The number of amides is 1. The van der Waals surface area contributed by atoms with Crippen molar-refractivity contribution >= 4 is 28.2 Å². The Morgan fingerprint density at radius 1 is 1.20 bits per heavy atom. The van der Waals surface area contributed by atoms with Gasteiger partial charge in [0.05, 0.1) is 12.2 Å². The molecule has 0 saturated heterocycles. The summed E-state index contributed by atoms with van der Waals surface area (Å²) in [6, 6.07) is 10.9. The number of carboxylic acid groups (broad SMARTS) is 1. The maximum Gasteiger partial charge on any atom is 0.338 e. The third-order valence-corrected chi connectivity index (χ3v) is 3.32. The van der Waals surface area contributed by atoms with E-state index in [1.54, 1.807) is 5.38 Å². The topological polar surface area (TPSA) is 75.6 Å². The third-order valence-electron chi connectivity index (χ3n) is 2.49. The number of benzene rings is 1. The predicted octanol–water partition coefficient (Wildman–Crippen LogP) is 2.60. The first kappa shape index (κ1) is 14.2. The summed E-state index contributed by atoms with van der Waals surface area (Å²) in [6.45, 7) is 0.219. The molecule has 2 aromatic rings. The van der Waals surface area contributed by atoms with Crippen LogP contribution in [0.1, 0.15) is 15.9 Å². The SMILES string of the molecule is O=C(COCc1ccccc1)Nc1sccc1C(=O)O. The fourth-order valence-corrected chi connectivity index (χ4v) is 2.37. The zero-order valence-electron chi connectivity index (χ0n) is 10.5. The van der Waals surface area contributed by atoms with Gasteiger partial charge in [-0.2, -0.15) is 0 Å². The van der Waals surface area contributed by atoms with Crippen LogP contribution in [0.5, 0.6) is 0 Å². The van der Waals surface area contributed by atoms with Crippen molar-refractivity contribution in [2.45, 2.75) is 6.61 Å². The van der Waals surface area contributed by atoms with Crippen molar-refractivity contribution in [2.24, 2.45) is 0 Å². The highest BCUT2D eigenvalue weighted by molar-refractivity contribution is 7.14. The predicted molar refractivity (Wildman–Crippen MR) is 76.0 cm³/mol. The quantitative estimate of drug-likeness (QED) is 0.857. The van der Waals surface area contributed by atoms with Crippen LogP contribution in [-0.4, -0.2) is 23.6 Å². The van der Waals surface area contributed by atoms with Crippen LogP contribution >= 0.6 is 11.3 Å². The molecule has 0 spiro atoms. The van der Waals surface area contributed by atoms with Crippen LogP contribution in [0.4, 0.5) is 5.00 Å². The molecule has 20 heavy (non-hydrogen) atoms. The molecule has 2 rings (SSSR count). The number of nitrogens with one attached hydrogen (secondary N) is 1. The summed E-state index contributed by atoms with van der Waals surface area (Å²) in [5, 5.41) is 13.4. The Hall–Kier alpha value is -2.18. The Balaban J connectivity index is 1.81. The molecule has 5 nitrogen and oxygen atoms in total. The molecule has 0 radical (unpaired) electrons. The molecule has 0 aliphatic heterocycles. The van der Waals surface area contributed by atoms with Crippen molar-refractivity contribution in [2.75, 3.05) is 11.9 Å². The van der Waals surface area contributed by atoms with Crippen molar-refractivity contribution < 1.29 is 19.4 Å². The average Bonchev–Trinajstić information content (AvgIpc) is 2.88. The number of carbonyl (C=O) groups is 2. The summed E-state index contributed by atoms with van der Waals surface area (Å²) in [4.78, 5) is 22.5. The number of carbonyl (C=O) groups excluding carboxylic acids is 1. The van der Waals surface area contributed by atoms with E-state index in [1.165, 1.54) is 17.4 Å². The van der Waals surface area contributed by atoms with Gasteiger partial charge in [0.15, 0.2) is 0 Å². The number of hydrogen-bond acceptors (Lipinski definition) is 4. The molecule has 2 N–H and O–H groups in total. The molecular formula is C14H13NO4S. The molecule has 1 aromatic carbocycles. The molecule has 0 saturated carbocycles. The molecule has 0 atom stereocenters. The van der Waals surface area contributed by atoms with Gasteiger partial charge in [-0.1, -0.05) is 30.3 Å². The Kier molecular flexibility index (Phi) is 4.86. The zero-order valence-corrected chi connectivity index (χ0v) is 11.4. The lowest BCUT2D eigenvalue weighted by molar-refractivity contribution is -0.120. The molecule has 0 aliphatic rings. The molecule has 104 valence electrons. The Bertz CT molecular complexity index is 594. The fourth-order valence-electron chi connectivity index (χ4n) is 1.57. The van der Waals surface area contributed by atoms with Crippen LogP contribution in [0, 0.1) is 0 Å². The summed E-state index contributed by atoms with van der Waals surface area (Å²) in [5.74, 6) is -1.43. The first-order chi connectivity index (χ1) is 9.66. The van der Waals surface area contributed by atoms with Crippen molar-refractivity contribution in [3.63, 3.8) is 0 Å². The van der Waals surface area contributed by atoms with Gasteiger partial charge in [0, 0.05) is 0 Å². The summed E-state index contributed by atoms with van der Waals surface area (Å²) in [7, 11) is 0. The smallest absolute Gasteiger partial charge is 0.338 e. The van der Waals surface area contributed by atoms with E-state index < -0.39 is 5.97 Å². The van der Waals surface area contributed by atoms with Crippen molar-refractivity contribution in [3.8, 4) is 0 Å². The van der Waals surface area contributed by atoms with Gasteiger partial charge in [0.25, 0.3) is 5.91 Å².